The minimum Gasteiger partial charge on any atom is -0.498 e. The highest BCUT2D eigenvalue weighted by Gasteiger charge is 2.23. The lowest BCUT2D eigenvalue weighted by Gasteiger charge is -2.26. The second-order valence-corrected chi connectivity index (χ2v) is 6.89. The first kappa shape index (κ1) is 14.3. The third kappa shape index (κ3) is 4.20. The summed E-state index contributed by atoms with van der Waals surface area (Å²) in [5.74, 6) is 2.21. The predicted molar refractivity (Wildman–Crippen MR) is 81.2 cm³/mol. The van der Waals surface area contributed by atoms with Gasteiger partial charge in [-0.3, -0.25) is 4.21 Å². The van der Waals surface area contributed by atoms with E-state index in [9.17, 15) is 4.21 Å². The van der Waals surface area contributed by atoms with Crippen molar-refractivity contribution >= 4 is 16.4 Å². The molecule has 2 nitrogen and oxygen atoms in total. The van der Waals surface area contributed by atoms with Gasteiger partial charge in [-0.25, -0.2) is 0 Å². The van der Waals surface area contributed by atoms with Crippen LogP contribution in [0.2, 0.25) is 0 Å². The van der Waals surface area contributed by atoms with E-state index >= 15 is 0 Å². The Morgan fingerprint density at radius 3 is 2.58 bits per heavy atom. The van der Waals surface area contributed by atoms with E-state index in [0.29, 0.717) is 5.92 Å². The van der Waals surface area contributed by atoms with Gasteiger partial charge in [0.15, 0.2) is 0 Å². The van der Waals surface area contributed by atoms with Crippen LogP contribution >= 0.6 is 0 Å². The van der Waals surface area contributed by atoms with Crippen LogP contribution in [-0.4, -0.2) is 21.8 Å². The van der Waals surface area contributed by atoms with E-state index in [1.165, 1.54) is 5.56 Å². The molecule has 3 heteroatoms. The fraction of sp³-hybridized carbons (Fsp3) is 0.500. The minimum absolute atomic E-state index is 0.205. The quantitative estimate of drug-likeness (QED) is 0.786. The molecule has 0 radical (unpaired) electrons. The molecule has 0 saturated carbocycles. The molecule has 2 rings (SSSR count). The van der Waals surface area contributed by atoms with Crippen LogP contribution in [0.5, 0.6) is 0 Å². The van der Waals surface area contributed by atoms with Gasteiger partial charge >= 0.3 is 0 Å². The summed E-state index contributed by atoms with van der Waals surface area (Å²) in [6.07, 6.45) is 4.11. The van der Waals surface area contributed by atoms with E-state index in [0.717, 1.165) is 29.9 Å². The standard InChI is InChI=1S/C16H22O2S/c1-13(15-6-4-3-5-7-15)12-18-14(2)16-8-10-19(17)11-9-16/h3-7,12,14,16H,8-11H2,1-2H3/b13-12-. The highest BCUT2D eigenvalue weighted by Crippen LogP contribution is 2.23. The van der Waals surface area contributed by atoms with E-state index in [1.54, 1.807) is 0 Å². The zero-order valence-corrected chi connectivity index (χ0v) is 12.5. The van der Waals surface area contributed by atoms with Gasteiger partial charge in [0.05, 0.1) is 12.4 Å². The number of hydrogen-bond acceptors (Lipinski definition) is 2. The Morgan fingerprint density at radius 2 is 1.95 bits per heavy atom. The van der Waals surface area contributed by atoms with Crippen molar-refractivity contribution in [3.05, 3.63) is 42.2 Å². The van der Waals surface area contributed by atoms with Gasteiger partial charge in [-0.2, -0.15) is 0 Å². The van der Waals surface area contributed by atoms with Crippen LogP contribution in [0, 0.1) is 5.92 Å². The normalized spacial score (nSPS) is 25.9. The van der Waals surface area contributed by atoms with Crippen LogP contribution in [0.25, 0.3) is 5.57 Å². The van der Waals surface area contributed by atoms with Crippen LogP contribution < -0.4 is 0 Å². The van der Waals surface area contributed by atoms with Crippen LogP contribution in [0.4, 0.5) is 0 Å². The van der Waals surface area contributed by atoms with E-state index in [4.69, 9.17) is 4.74 Å². The summed E-state index contributed by atoms with van der Waals surface area (Å²) < 4.78 is 17.2. The second kappa shape index (κ2) is 6.90. The zero-order chi connectivity index (χ0) is 13.7. The molecule has 0 N–H and O–H groups in total. The minimum atomic E-state index is -0.591. The average molecular weight is 278 g/mol. The van der Waals surface area contributed by atoms with Crippen molar-refractivity contribution in [3.8, 4) is 0 Å². The first-order valence-corrected chi connectivity index (χ1v) is 8.38. The highest BCUT2D eigenvalue weighted by molar-refractivity contribution is 7.85. The molecule has 1 aliphatic rings. The maximum absolute atomic E-state index is 11.3. The molecule has 1 heterocycles. The molecule has 1 aromatic rings. The van der Waals surface area contributed by atoms with Crippen molar-refractivity contribution < 1.29 is 8.95 Å². The third-order valence-corrected chi connectivity index (χ3v) is 5.17. The maximum atomic E-state index is 11.3. The molecular formula is C16H22O2S. The maximum Gasteiger partial charge on any atom is 0.0979 e. The number of benzene rings is 1. The van der Waals surface area contributed by atoms with Crippen LogP contribution in [0.15, 0.2) is 36.6 Å². The van der Waals surface area contributed by atoms with Gasteiger partial charge in [0, 0.05) is 22.3 Å². The van der Waals surface area contributed by atoms with Gasteiger partial charge in [-0.1, -0.05) is 30.3 Å². The molecule has 0 spiro atoms. The van der Waals surface area contributed by atoms with Crippen molar-refractivity contribution in [2.24, 2.45) is 5.92 Å². The molecule has 0 aliphatic carbocycles. The fourth-order valence-corrected chi connectivity index (χ4v) is 3.71. The summed E-state index contributed by atoms with van der Waals surface area (Å²) in [7, 11) is -0.591. The molecular weight excluding hydrogens is 256 g/mol. The fourth-order valence-electron chi connectivity index (χ4n) is 2.37. The van der Waals surface area contributed by atoms with Gasteiger partial charge in [-0.15, -0.1) is 0 Å². The van der Waals surface area contributed by atoms with Gasteiger partial charge in [0.2, 0.25) is 0 Å². The summed E-state index contributed by atoms with van der Waals surface area (Å²) in [6, 6.07) is 10.3. The molecule has 1 unspecified atom stereocenters. The first-order valence-electron chi connectivity index (χ1n) is 6.89. The number of ether oxygens (including phenoxy) is 1. The van der Waals surface area contributed by atoms with E-state index in [2.05, 4.69) is 26.0 Å². The van der Waals surface area contributed by atoms with E-state index in [1.807, 2.05) is 24.5 Å². The summed E-state index contributed by atoms with van der Waals surface area (Å²) in [6.45, 7) is 4.19. The van der Waals surface area contributed by atoms with E-state index in [-0.39, 0.29) is 6.10 Å². The SMILES string of the molecule is C/C(=C/OC(C)C1CCS(=O)CC1)c1ccccc1. The lowest BCUT2D eigenvalue weighted by molar-refractivity contribution is 0.0977. The Hall–Kier alpha value is -1.09. The van der Waals surface area contributed by atoms with Crippen molar-refractivity contribution in [1.29, 1.82) is 0 Å². The Kier molecular flexibility index (Phi) is 5.20. The Morgan fingerprint density at radius 1 is 1.32 bits per heavy atom. The smallest absolute Gasteiger partial charge is 0.0979 e. The molecule has 1 aliphatic heterocycles. The van der Waals surface area contributed by atoms with Gasteiger partial charge in [0.1, 0.15) is 0 Å². The van der Waals surface area contributed by atoms with Crippen molar-refractivity contribution in [1.82, 2.24) is 0 Å². The molecule has 0 amide bonds. The molecule has 1 atom stereocenters. The number of allylic oxidation sites excluding steroid dienone is 1. The molecule has 1 fully saturated rings. The van der Waals surface area contributed by atoms with Gasteiger partial charge in [0.25, 0.3) is 0 Å². The van der Waals surface area contributed by atoms with E-state index < -0.39 is 10.8 Å². The summed E-state index contributed by atoms with van der Waals surface area (Å²) >= 11 is 0. The molecule has 104 valence electrons. The summed E-state index contributed by atoms with van der Waals surface area (Å²) in [4.78, 5) is 0. The molecule has 0 aromatic heterocycles. The Labute approximate surface area is 118 Å². The molecule has 1 aromatic carbocycles. The largest absolute Gasteiger partial charge is 0.498 e. The second-order valence-electron chi connectivity index (χ2n) is 5.19. The molecule has 19 heavy (non-hydrogen) atoms. The Balaban J connectivity index is 1.89. The van der Waals surface area contributed by atoms with Crippen molar-refractivity contribution in [2.45, 2.75) is 32.8 Å². The predicted octanol–water partition coefficient (Wildman–Crippen LogP) is 3.61. The van der Waals surface area contributed by atoms with Crippen LogP contribution in [0.3, 0.4) is 0 Å². The lowest BCUT2D eigenvalue weighted by atomic mass is 9.97. The summed E-state index contributed by atoms with van der Waals surface area (Å²) in [5.41, 5.74) is 2.34. The average Bonchev–Trinajstić information content (AvgIpc) is 2.46. The first-order chi connectivity index (χ1) is 9.16. The van der Waals surface area contributed by atoms with Crippen LogP contribution in [0.1, 0.15) is 32.3 Å². The molecule has 0 bridgehead atoms. The number of rotatable bonds is 4. The third-order valence-electron chi connectivity index (χ3n) is 3.79. The van der Waals surface area contributed by atoms with Crippen LogP contribution in [-0.2, 0) is 15.5 Å². The van der Waals surface area contributed by atoms with Gasteiger partial charge < -0.3 is 4.74 Å². The van der Waals surface area contributed by atoms with Gasteiger partial charge in [-0.05, 0) is 43.7 Å². The highest BCUT2D eigenvalue weighted by atomic mass is 32.2. The topological polar surface area (TPSA) is 26.3 Å². The lowest BCUT2D eigenvalue weighted by Crippen LogP contribution is -2.27. The number of hydrogen-bond donors (Lipinski definition) is 0. The van der Waals surface area contributed by atoms with Crippen molar-refractivity contribution in [3.63, 3.8) is 0 Å². The Bertz CT molecular complexity index is 443. The molecule has 1 saturated heterocycles. The zero-order valence-electron chi connectivity index (χ0n) is 11.7. The van der Waals surface area contributed by atoms with Crippen molar-refractivity contribution in [2.75, 3.05) is 11.5 Å². The summed E-state index contributed by atoms with van der Waals surface area (Å²) in [5, 5.41) is 0. The monoisotopic (exact) mass is 278 g/mol.